The molecule has 28 heavy (non-hydrogen) atoms. The number of aromatic nitrogens is 3. The van der Waals surface area contributed by atoms with Gasteiger partial charge in [0.2, 0.25) is 4.96 Å². The second-order valence-corrected chi connectivity index (χ2v) is 7.88. The number of thiophene rings is 1. The number of nitro groups is 1. The summed E-state index contributed by atoms with van der Waals surface area (Å²) in [4.78, 5) is 29.2. The molecule has 0 aliphatic rings. The van der Waals surface area contributed by atoms with E-state index in [0.717, 1.165) is 15.5 Å². The first kappa shape index (κ1) is 18.3. The zero-order valence-corrected chi connectivity index (χ0v) is 16.4. The zero-order valence-electron chi connectivity index (χ0n) is 14.8. The van der Waals surface area contributed by atoms with Gasteiger partial charge in [0.15, 0.2) is 5.82 Å². The Balaban J connectivity index is 1.43. The summed E-state index contributed by atoms with van der Waals surface area (Å²) < 4.78 is 1.79. The molecule has 142 valence electrons. The maximum absolute atomic E-state index is 12.3. The Labute approximate surface area is 167 Å². The van der Waals surface area contributed by atoms with Gasteiger partial charge in [-0.15, -0.1) is 27.8 Å². The third-order valence-corrected chi connectivity index (χ3v) is 5.96. The molecule has 3 heterocycles. The first-order chi connectivity index (χ1) is 13.5. The van der Waals surface area contributed by atoms with Gasteiger partial charge in [-0.2, -0.15) is 4.98 Å². The molecular formula is C18H15N5O3S2. The summed E-state index contributed by atoms with van der Waals surface area (Å²) in [5.74, 6) is 0.353. The number of thiazole rings is 1. The molecule has 0 saturated carbocycles. The number of amides is 1. The van der Waals surface area contributed by atoms with Crippen molar-refractivity contribution in [2.45, 2.75) is 13.3 Å². The van der Waals surface area contributed by atoms with E-state index in [-0.39, 0.29) is 17.2 Å². The van der Waals surface area contributed by atoms with Crippen LogP contribution in [-0.4, -0.2) is 32.0 Å². The molecule has 4 aromatic rings. The number of nitrogens with one attached hydrogen (secondary N) is 1. The predicted molar refractivity (Wildman–Crippen MR) is 108 cm³/mol. The van der Waals surface area contributed by atoms with Crippen LogP contribution in [0.4, 0.5) is 5.69 Å². The summed E-state index contributed by atoms with van der Waals surface area (Å²) in [6.07, 6.45) is 0.576. The Hall–Kier alpha value is -3.11. The van der Waals surface area contributed by atoms with Gasteiger partial charge in [0, 0.05) is 35.5 Å². The van der Waals surface area contributed by atoms with Crippen molar-refractivity contribution in [3.05, 3.63) is 68.0 Å². The highest BCUT2D eigenvalue weighted by atomic mass is 32.1. The Morgan fingerprint density at radius 1 is 1.32 bits per heavy atom. The molecule has 0 atom stereocenters. The smallest absolute Gasteiger partial charge is 0.273 e. The second kappa shape index (κ2) is 7.49. The van der Waals surface area contributed by atoms with E-state index in [4.69, 9.17) is 0 Å². The Bertz CT molecular complexity index is 1160. The first-order valence-electron chi connectivity index (χ1n) is 8.43. The Kier molecular flexibility index (Phi) is 4.88. The fourth-order valence-electron chi connectivity index (χ4n) is 2.76. The molecule has 10 heteroatoms. The van der Waals surface area contributed by atoms with Crippen molar-refractivity contribution >= 4 is 39.2 Å². The first-order valence-corrected chi connectivity index (χ1v) is 10.2. The molecule has 0 bridgehead atoms. The SMILES string of the molecule is Cc1ccc(C(=O)NCCc2csc3nc(-c4cccs4)nn23)cc1[N+](=O)[O-]. The van der Waals surface area contributed by atoms with Crippen LogP contribution >= 0.6 is 22.7 Å². The average molecular weight is 413 g/mol. The van der Waals surface area contributed by atoms with Gasteiger partial charge in [0.25, 0.3) is 11.6 Å². The van der Waals surface area contributed by atoms with E-state index in [1.165, 1.54) is 17.4 Å². The molecular weight excluding hydrogens is 398 g/mol. The molecule has 1 N–H and O–H groups in total. The van der Waals surface area contributed by atoms with Crippen molar-refractivity contribution in [2.24, 2.45) is 0 Å². The maximum atomic E-state index is 12.3. The summed E-state index contributed by atoms with van der Waals surface area (Å²) in [6.45, 7) is 2.03. The van der Waals surface area contributed by atoms with Crippen LogP contribution in [0.2, 0.25) is 0 Å². The Morgan fingerprint density at radius 3 is 2.93 bits per heavy atom. The van der Waals surface area contributed by atoms with Crippen molar-refractivity contribution in [3.63, 3.8) is 0 Å². The van der Waals surface area contributed by atoms with Gasteiger partial charge in [-0.05, 0) is 24.4 Å². The quantitative estimate of drug-likeness (QED) is 0.383. The molecule has 1 amide bonds. The van der Waals surface area contributed by atoms with Gasteiger partial charge in [0.05, 0.1) is 15.5 Å². The largest absolute Gasteiger partial charge is 0.352 e. The maximum Gasteiger partial charge on any atom is 0.273 e. The highest BCUT2D eigenvalue weighted by Crippen LogP contribution is 2.24. The minimum absolute atomic E-state index is 0.0593. The van der Waals surface area contributed by atoms with Crippen LogP contribution in [0.3, 0.4) is 0 Å². The lowest BCUT2D eigenvalue weighted by Gasteiger charge is -2.05. The van der Waals surface area contributed by atoms with E-state index < -0.39 is 4.92 Å². The monoisotopic (exact) mass is 413 g/mol. The molecule has 4 rings (SSSR count). The topological polar surface area (TPSA) is 102 Å². The van der Waals surface area contributed by atoms with E-state index in [1.54, 1.807) is 34.9 Å². The molecule has 0 saturated heterocycles. The van der Waals surface area contributed by atoms with Crippen LogP contribution in [0.25, 0.3) is 15.7 Å². The lowest BCUT2D eigenvalue weighted by molar-refractivity contribution is -0.385. The van der Waals surface area contributed by atoms with Gasteiger partial charge in [-0.3, -0.25) is 14.9 Å². The lowest BCUT2D eigenvalue weighted by atomic mass is 10.1. The van der Waals surface area contributed by atoms with Crippen LogP contribution in [0.1, 0.15) is 21.6 Å². The lowest BCUT2D eigenvalue weighted by Crippen LogP contribution is -2.26. The second-order valence-electron chi connectivity index (χ2n) is 6.10. The predicted octanol–water partition coefficient (Wildman–Crippen LogP) is 3.71. The molecule has 1 aromatic carbocycles. The number of nitrogens with zero attached hydrogens (tertiary/aromatic N) is 4. The molecule has 3 aromatic heterocycles. The van der Waals surface area contributed by atoms with Gasteiger partial charge in [0.1, 0.15) is 0 Å². The normalized spacial score (nSPS) is 11.0. The van der Waals surface area contributed by atoms with Crippen molar-refractivity contribution in [1.82, 2.24) is 19.9 Å². The molecule has 8 nitrogen and oxygen atoms in total. The number of benzene rings is 1. The number of nitro benzene ring substituents is 1. The number of fused-ring (bicyclic) bond motifs is 1. The molecule has 0 spiro atoms. The van der Waals surface area contributed by atoms with Crippen molar-refractivity contribution in [2.75, 3.05) is 6.54 Å². The van der Waals surface area contributed by atoms with Crippen molar-refractivity contribution < 1.29 is 9.72 Å². The van der Waals surface area contributed by atoms with Gasteiger partial charge >= 0.3 is 0 Å². The van der Waals surface area contributed by atoms with Crippen molar-refractivity contribution in [3.8, 4) is 10.7 Å². The number of hydrogen-bond acceptors (Lipinski definition) is 7. The summed E-state index contributed by atoms with van der Waals surface area (Å²) in [7, 11) is 0. The number of carbonyl (C=O) groups excluding carboxylic acids is 1. The fourth-order valence-corrected chi connectivity index (χ4v) is 4.27. The highest BCUT2D eigenvalue weighted by Gasteiger charge is 2.16. The minimum atomic E-state index is -0.482. The summed E-state index contributed by atoms with van der Waals surface area (Å²) in [6, 6.07) is 8.41. The highest BCUT2D eigenvalue weighted by molar-refractivity contribution is 7.15. The Morgan fingerprint density at radius 2 is 2.18 bits per heavy atom. The van der Waals surface area contributed by atoms with E-state index >= 15 is 0 Å². The molecule has 0 fully saturated rings. The fraction of sp³-hybridized carbons (Fsp3) is 0.167. The van der Waals surface area contributed by atoms with Gasteiger partial charge < -0.3 is 5.32 Å². The van der Waals surface area contributed by atoms with E-state index in [0.29, 0.717) is 24.4 Å². The average Bonchev–Trinajstić information content (AvgIpc) is 3.39. The van der Waals surface area contributed by atoms with Gasteiger partial charge in [-0.1, -0.05) is 12.1 Å². The number of hydrogen-bond donors (Lipinski definition) is 1. The number of carbonyl (C=O) groups is 1. The standard InChI is InChI=1S/C18H15N5O3S2/c1-11-4-5-12(9-14(11)23(25)26)17(24)19-7-6-13-10-28-18-20-16(21-22(13)18)15-3-2-8-27-15/h2-5,8-10H,6-7H2,1H3,(H,19,24). The molecule has 0 radical (unpaired) electrons. The van der Waals surface area contributed by atoms with Gasteiger partial charge in [-0.25, -0.2) is 4.52 Å². The molecule has 0 aliphatic heterocycles. The van der Waals surface area contributed by atoms with Crippen LogP contribution in [0.5, 0.6) is 0 Å². The van der Waals surface area contributed by atoms with Crippen LogP contribution in [0.15, 0.2) is 41.1 Å². The van der Waals surface area contributed by atoms with E-state index in [2.05, 4.69) is 15.4 Å². The number of rotatable bonds is 6. The van der Waals surface area contributed by atoms with Crippen LogP contribution in [0, 0.1) is 17.0 Å². The zero-order chi connectivity index (χ0) is 19.7. The third kappa shape index (κ3) is 3.51. The van der Waals surface area contributed by atoms with E-state index in [9.17, 15) is 14.9 Å². The van der Waals surface area contributed by atoms with E-state index in [1.807, 2.05) is 22.9 Å². The number of aryl methyl sites for hydroxylation is 1. The third-order valence-electron chi connectivity index (χ3n) is 4.23. The van der Waals surface area contributed by atoms with Crippen LogP contribution < -0.4 is 5.32 Å². The van der Waals surface area contributed by atoms with Crippen LogP contribution in [-0.2, 0) is 6.42 Å². The van der Waals surface area contributed by atoms with Crippen molar-refractivity contribution in [1.29, 1.82) is 0 Å². The summed E-state index contributed by atoms with van der Waals surface area (Å²) in [5.41, 5.74) is 1.69. The summed E-state index contributed by atoms with van der Waals surface area (Å²) in [5, 5.41) is 22.3. The summed E-state index contributed by atoms with van der Waals surface area (Å²) >= 11 is 3.09. The molecule has 0 unspecified atom stereocenters. The molecule has 0 aliphatic carbocycles. The minimum Gasteiger partial charge on any atom is -0.352 e.